The summed E-state index contributed by atoms with van der Waals surface area (Å²) in [5.74, 6) is -0.564. The first-order valence-corrected chi connectivity index (χ1v) is 8.14. The molecule has 0 amide bonds. The summed E-state index contributed by atoms with van der Waals surface area (Å²) < 4.78 is 6.27. The molecule has 2 heterocycles. The highest BCUT2D eigenvalue weighted by atomic mass is 16.5. The Hall–Kier alpha value is -1.62. The van der Waals surface area contributed by atoms with Gasteiger partial charge in [0.1, 0.15) is 5.56 Å². The monoisotopic (exact) mass is 304 g/mol. The molecule has 1 aliphatic carbocycles. The average molecular weight is 304 g/mol. The van der Waals surface area contributed by atoms with Crippen molar-refractivity contribution in [3.63, 3.8) is 0 Å². The Bertz CT molecular complexity index is 604. The first-order valence-electron chi connectivity index (χ1n) is 8.14. The van der Waals surface area contributed by atoms with E-state index in [9.17, 15) is 9.59 Å². The molecule has 2 fully saturated rings. The Morgan fingerprint density at radius 3 is 2.73 bits per heavy atom. The topological polar surface area (TPSA) is 51.5 Å². The van der Waals surface area contributed by atoms with Gasteiger partial charge in [-0.15, -0.1) is 0 Å². The third kappa shape index (κ3) is 2.95. The number of nitrogens with zero attached hydrogens (tertiary/aromatic N) is 2. The van der Waals surface area contributed by atoms with E-state index in [1.54, 1.807) is 16.8 Å². The zero-order valence-corrected chi connectivity index (χ0v) is 13.2. The van der Waals surface area contributed by atoms with E-state index in [1.807, 2.05) is 0 Å². The van der Waals surface area contributed by atoms with Crippen molar-refractivity contribution in [3.8, 4) is 0 Å². The minimum atomic E-state index is -0.564. The molecule has 0 bridgehead atoms. The maximum Gasteiger partial charge on any atom is 0.343 e. The van der Waals surface area contributed by atoms with E-state index in [0.29, 0.717) is 12.0 Å². The maximum absolute atomic E-state index is 12.3. The molecule has 1 spiro atoms. The first-order chi connectivity index (χ1) is 10.6. The Labute approximate surface area is 130 Å². The fourth-order valence-corrected chi connectivity index (χ4v) is 3.81. The van der Waals surface area contributed by atoms with E-state index in [2.05, 4.69) is 9.64 Å². The Morgan fingerprint density at radius 2 is 2.05 bits per heavy atom. The van der Waals surface area contributed by atoms with Gasteiger partial charge in [-0.05, 0) is 49.8 Å². The first kappa shape index (κ1) is 15.3. The van der Waals surface area contributed by atoms with Crippen molar-refractivity contribution in [2.75, 3.05) is 26.7 Å². The lowest BCUT2D eigenvalue weighted by Gasteiger charge is -2.49. The van der Waals surface area contributed by atoms with Crippen LogP contribution in [-0.2, 0) is 11.3 Å². The molecule has 5 heteroatoms. The molecule has 120 valence electrons. The second-order valence-corrected chi connectivity index (χ2v) is 6.65. The lowest BCUT2D eigenvalue weighted by atomic mass is 9.64. The molecular formula is C17H24N2O3. The van der Waals surface area contributed by atoms with E-state index >= 15 is 0 Å². The van der Waals surface area contributed by atoms with Gasteiger partial charge in [-0.3, -0.25) is 4.79 Å². The van der Waals surface area contributed by atoms with Gasteiger partial charge in [0.25, 0.3) is 5.56 Å². The molecule has 1 saturated carbocycles. The summed E-state index contributed by atoms with van der Waals surface area (Å²) in [6.45, 7) is 3.78. The van der Waals surface area contributed by atoms with E-state index in [1.165, 1.54) is 51.8 Å². The third-order valence-electron chi connectivity index (χ3n) is 5.24. The number of piperidine rings is 1. The van der Waals surface area contributed by atoms with E-state index < -0.39 is 5.97 Å². The molecule has 0 N–H and O–H groups in total. The van der Waals surface area contributed by atoms with Crippen molar-refractivity contribution in [2.45, 2.75) is 38.6 Å². The van der Waals surface area contributed by atoms with E-state index in [4.69, 9.17) is 0 Å². The zero-order chi connectivity index (χ0) is 15.6. The number of ether oxygens (including phenoxy) is 1. The highest BCUT2D eigenvalue weighted by molar-refractivity contribution is 5.88. The van der Waals surface area contributed by atoms with E-state index in [-0.39, 0.29) is 11.1 Å². The van der Waals surface area contributed by atoms with Crippen LogP contribution in [-0.4, -0.2) is 42.2 Å². The normalized spacial score (nSPS) is 20.6. The van der Waals surface area contributed by atoms with Gasteiger partial charge >= 0.3 is 5.97 Å². The molecule has 5 nitrogen and oxygen atoms in total. The second-order valence-electron chi connectivity index (χ2n) is 6.65. The number of pyridine rings is 1. The van der Waals surface area contributed by atoms with Crippen LogP contribution in [0.3, 0.4) is 0 Å². The number of hydrogen-bond acceptors (Lipinski definition) is 4. The number of aromatic nitrogens is 1. The van der Waals surface area contributed by atoms with Crippen LogP contribution < -0.4 is 5.56 Å². The number of esters is 1. The second kappa shape index (κ2) is 6.24. The molecule has 1 aromatic rings. The van der Waals surface area contributed by atoms with Crippen molar-refractivity contribution in [3.05, 3.63) is 34.2 Å². The summed E-state index contributed by atoms with van der Waals surface area (Å²) in [5.41, 5.74) is 0.417. The summed E-state index contributed by atoms with van der Waals surface area (Å²) in [6.07, 6.45) is 8.47. The van der Waals surface area contributed by atoms with Crippen LogP contribution in [0.2, 0.25) is 0 Å². The van der Waals surface area contributed by atoms with Crippen LogP contribution in [0.5, 0.6) is 0 Å². The Kier molecular flexibility index (Phi) is 4.34. The quantitative estimate of drug-likeness (QED) is 0.797. The number of carbonyl (C=O) groups is 1. The van der Waals surface area contributed by atoms with Crippen LogP contribution in [0.4, 0.5) is 0 Å². The van der Waals surface area contributed by atoms with Crippen LogP contribution in [0.15, 0.2) is 23.1 Å². The van der Waals surface area contributed by atoms with Gasteiger partial charge in [0.05, 0.1) is 7.11 Å². The molecule has 0 aromatic carbocycles. The smallest absolute Gasteiger partial charge is 0.343 e. The fraction of sp³-hybridized carbons (Fsp3) is 0.647. The average Bonchev–Trinajstić information content (AvgIpc) is 2.52. The minimum Gasteiger partial charge on any atom is -0.465 e. The SMILES string of the molecule is COC(=O)c1cccn(CCN2CCCC3(CCC3)C2)c1=O. The lowest BCUT2D eigenvalue weighted by molar-refractivity contribution is 0.0188. The van der Waals surface area contributed by atoms with Crippen LogP contribution in [0.25, 0.3) is 0 Å². The van der Waals surface area contributed by atoms with Gasteiger partial charge in [0.15, 0.2) is 0 Å². The molecule has 0 radical (unpaired) electrons. The summed E-state index contributed by atoms with van der Waals surface area (Å²) in [6, 6.07) is 3.26. The number of hydrogen-bond donors (Lipinski definition) is 0. The van der Waals surface area contributed by atoms with Crippen LogP contribution in [0, 0.1) is 5.41 Å². The molecule has 22 heavy (non-hydrogen) atoms. The molecular weight excluding hydrogens is 280 g/mol. The number of likely N-dealkylation sites (tertiary alicyclic amines) is 1. The van der Waals surface area contributed by atoms with Gasteiger partial charge in [0.2, 0.25) is 0 Å². The van der Waals surface area contributed by atoms with Crippen molar-refractivity contribution in [1.82, 2.24) is 9.47 Å². The Morgan fingerprint density at radius 1 is 1.27 bits per heavy atom. The van der Waals surface area contributed by atoms with Crippen molar-refractivity contribution >= 4 is 5.97 Å². The largest absolute Gasteiger partial charge is 0.465 e. The predicted octanol–water partition coefficient (Wildman–Crippen LogP) is 1.90. The van der Waals surface area contributed by atoms with Gasteiger partial charge in [-0.1, -0.05) is 6.42 Å². The van der Waals surface area contributed by atoms with Crippen molar-refractivity contribution in [2.24, 2.45) is 5.41 Å². The summed E-state index contributed by atoms with van der Waals surface area (Å²) in [7, 11) is 1.30. The predicted molar refractivity (Wildman–Crippen MR) is 84.0 cm³/mol. The fourth-order valence-electron chi connectivity index (χ4n) is 3.81. The summed E-state index contributed by atoms with van der Waals surface area (Å²) in [5, 5.41) is 0. The summed E-state index contributed by atoms with van der Waals surface area (Å²) in [4.78, 5) is 26.3. The molecule has 3 rings (SSSR count). The molecule has 1 saturated heterocycles. The molecule has 2 aliphatic rings. The zero-order valence-electron chi connectivity index (χ0n) is 13.2. The third-order valence-corrected chi connectivity index (χ3v) is 5.24. The van der Waals surface area contributed by atoms with Crippen LogP contribution in [0.1, 0.15) is 42.5 Å². The summed E-state index contributed by atoms with van der Waals surface area (Å²) >= 11 is 0. The van der Waals surface area contributed by atoms with Crippen LogP contribution >= 0.6 is 0 Å². The lowest BCUT2D eigenvalue weighted by Crippen LogP contribution is -2.48. The molecule has 1 aliphatic heterocycles. The highest BCUT2D eigenvalue weighted by Gasteiger charge is 2.40. The van der Waals surface area contributed by atoms with Crippen molar-refractivity contribution in [1.29, 1.82) is 0 Å². The van der Waals surface area contributed by atoms with Gasteiger partial charge < -0.3 is 14.2 Å². The van der Waals surface area contributed by atoms with Gasteiger partial charge in [-0.2, -0.15) is 0 Å². The number of rotatable bonds is 4. The Balaban J connectivity index is 1.64. The minimum absolute atomic E-state index is 0.110. The van der Waals surface area contributed by atoms with Gasteiger partial charge in [-0.25, -0.2) is 4.79 Å². The standard InChI is InChI=1S/C17H24N2O3/c1-22-16(21)14-5-2-10-19(15(14)20)12-11-18-9-4-8-17(13-18)6-3-7-17/h2,5,10H,3-4,6-9,11-13H2,1H3. The molecule has 1 aromatic heterocycles. The van der Waals surface area contributed by atoms with Crippen molar-refractivity contribution < 1.29 is 9.53 Å². The number of carbonyl (C=O) groups excluding carboxylic acids is 1. The number of methoxy groups -OCH3 is 1. The van der Waals surface area contributed by atoms with Gasteiger partial charge in [0, 0.05) is 25.8 Å². The maximum atomic E-state index is 12.3. The molecule has 0 unspecified atom stereocenters. The molecule has 0 atom stereocenters. The highest BCUT2D eigenvalue weighted by Crippen LogP contribution is 2.47. The van der Waals surface area contributed by atoms with E-state index in [0.717, 1.165) is 13.1 Å².